The van der Waals surface area contributed by atoms with Gasteiger partial charge in [0.25, 0.3) is 0 Å². The van der Waals surface area contributed by atoms with Gasteiger partial charge in [0.2, 0.25) is 0 Å². The zero-order valence-corrected chi connectivity index (χ0v) is 53.3. The smallest absolute Gasteiger partial charge is 0.145 e. The van der Waals surface area contributed by atoms with E-state index in [9.17, 15) is 10.2 Å². The molecule has 16 rings (SSSR count). The van der Waals surface area contributed by atoms with Crippen LogP contribution in [0.25, 0.3) is 129 Å². The second kappa shape index (κ2) is 25.9. The summed E-state index contributed by atoms with van der Waals surface area (Å²) in [4.78, 5) is 15.7. The fourth-order valence-corrected chi connectivity index (χ4v) is 13.8. The van der Waals surface area contributed by atoms with E-state index in [2.05, 4.69) is 300 Å². The van der Waals surface area contributed by atoms with Gasteiger partial charge < -0.3 is 19.7 Å². The largest absolute Gasteiger partial charge is 0.490 e. The highest BCUT2D eigenvalue weighted by atomic mass is 16.5. The minimum Gasteiger partial charge on any atom is -0.490 e. The lowest BCUT2D eigenvalue weighted by atomic mass is 9.69. The first-order valence-electron chi connectivity index (χ1n) is 32.8. The third kappa shape index (κ3) is 11.1. The molecule has 10 heteroatoms. The van der Waals surface area contributed by atoms with E-state index in [0.29, 0.717) is 11.5 Å². The van der Waals surface area contributed by atoms with E-state index in [-0.39, 0.29) is 26.4 Å². The summed E-state index contributed by atoms with van der Waals surface area (Å²) in [5.41, 5.74) is 20.8. The molecule has 0 aliphatic heterocycles. The average molecular weight is 1260 g/mol. The molecule has 0 spiro atoms. The quantitative estimate of drug-likeness (QED) is 0.0776. The number of aliphatic hydroxyl groups excluding tert-OH is 2. The molecule has 0 saturated heterocycles. The fourth-order valence-electron chi connectivity index (χ4n) is 13.8. The molecule has 0 amide bonds. The maximum Gasteiger partial charge on any atom is 0.145 e. The number of hydrogen-bond donors (Lipinski definition) is 2. The van der Waals surface area contributed by atoms with E-state index in [0.717, 1.165) is 146 Å². The number of hydrogen-bond acceptors (Lipinski definition) is 7. The lowest BCUT2D eigenvalue weighted by molar-refractivity contribution is 0.202. The molecular weight excluding hydrogens is 1190 g/mol. The molecule has 16 aromatic rings. The van der Waals surface area contributed by atoms with Gasteiger partial charge in [-0.3, -0.25) is 13.7 Å². The number of nitrogens with zero attached hydrogens (tertiary/aromatic N) is 6. The van der Waals surface area contributed by atoms with Gasteiger partial charge in [-0.2, -0.15) is 0 Å². The first-order valence-corrected chi connectivity index (χ1v) is 32.8. The third-order valence-corrected chi connectivity index (χ3v) is 18.5. The van der Waals surface area contributed by atoms with Crippen LogP contribution in [0.5, 0.6) is 11.5 Å². The first-order chi connectivity index (χ1) is 47.9. The maximum atomic E-state index is 10.7. The molecule has 1 atom stereocenters. The van der Waals surface area contributed by atoms with Crippen molar-refractivity contribution in [3.8, 4) is 107 Å². The number of aromatic nitrogens is 6. The first kappa shape index (κ1) is 59.8. The Labute approximate surface area is 562 Å². The molecule has 0 saturated carbocycles. The Morgan fingerprint density at radius 2 is 0.546 bits per heavy atom. The van der Waals surface area contributed by atoms with Crippen molar-refractivity contribution in [2.75, 3.05) is 26.4 Å². The fraction of sp³-hybridized carbons (Fsp3) is 0.0690. The number of fused-ring (bicyclic) bond motifs is 3. The highest BCUT2D eigenvalue weighted by Gasteiger charge is 2.36. The standard InChI is InChI=1S/C87H66N6O4/c1-87(66-25-9-3-10-26-66,67-55-72(59-23-7-2-8-24-59)82(96-53-51-94)73(56-67)60-39-45-63(46-40-60)84-88-76-33-17-20-36-79(76)91(84)69-27-11-4-12-28-69)68-57-74(61-41-47-64(48-42-61)85-89-77-34-18-21-37-80(77)92(85)70-29-13-5-14-30-70)83(97-54-52-95)75(58-68)62-43-49-65(50-44-62)86-90-78-35-19-22-38-81(78)93(86)71-31-15-6-16-32-71/h2-50,55-58,94-95H,51-54H2,1H3. The van der Waals surface area contributed by atoms with Crippen molar-refractivity contribution < 1.29 is 19.7 Å². The average Bonchev–Trinajstić information content (AvgIpc) is 1.46. The SMILES string of the molecule is CC(c1ccccc1)(c1cc(-c2ccccc2)c(OCCO)c(-c2ccc(-c3nc4ccccc4n3-c3ccccc3)cc2)c1)c1cc(-c2ccc(-c3nc4ccccc4n3-c3ccccc3)cc2)c(OCCO)c(-c2ccc(-c3nc4ccccc4n3-c3ccccc3)cc2)c1. The van der Waals surface area contributed by atoms with Crippen molar-refractivity contribution in [3.63, 3.8) is 0 Å². The second-order valence-electron chi connectivity index (χ2n) is 24.3. The zero-order chi connectivity index (χ0) is 65.2. The lowest BCUT2D eigenvalue weighted by Gasteiger charge is -2.35. The van der Waals surface area contributed by atoms with Crippen molar-refractivity contribution in [3.05, 3.63) is 338 Å². The summed E-state index contributed by atoms with van der Waals surface area (Å²) >= 11 is 0. The van der Waals surface area contributed by atoms with Crippen LogP contribution in [0, 0.1) is 0 Å². The van der Waals surface area contributed by atoms with E-state index in [1.165, 1.54) is 0 Å². The number of benzene rings is 13. The summed E-state index contributed by atoms with van der Waals surface area (Å²) in [7, 11) is 0. The van der Waals surface area contributed by atoms with E-state index in [1.54, 1.807) is 0 Å². The van der Waals surface area contributed by atoms with Gasteiger partial charge in [-0.25, -0.2) is 15.0 Å². The Morgan fingerprint density at radius 3 is 0.856 bits per heavy atom. The minimum absolute atomic E-state index is 0.0517. The van der Waals surface area contributed by atoms with Crippen LogP contribution in [0.2, 0.25) is 0 Å². The summed E-state index contributed by atoms with van der Waals surface area (Å²) < 4.78 is 20.4. The van der Waals surface area contributed by atoms with Gasteiger partial charge in [-0.1, -0.05) is 224 Å². The molecule has 10 nitrogen and oxygen atoms in total. The third-order valence-electron chi connectivity index (χ3n) is 18.5. The Morgan fingerprint density at radius 1 is 0.289 bits per heavy atom. The number of aliphatic hydroxyl groups is 2. The number of rotatable bonds is 19. The predicted molar refractivity (Wildman–Crippen MR) is 392 cm³/mol. The van der Waals surface area contributed by atoms with Crippen LogP contribution < -0.4 is 9.47 Å². The number of imidazole rings is 3. The van der Waals surface area contributed by atoms with Gasteiger partial charge in [-0.15, -0.1) is 0 Å². The van der Waals surface area contributed by atoms with Crippen LogP contribution in [-0.2, 0) is 5.41 Å². The molecule has 0 aliphatic rings. The van der Waals surface area contributed by atoms with Gasteiger partial charge >= 0.3 is 0 Å². The molecule has 0 bridgehead atoms. The molecule has 0 fully saturated rings. The van der Waals surface area contributed by atoms with Crippen LogP contribution >= 0.6 is 0 Å². The summed E-state index contributed by atoms with van der Waals surface area (Å²) in [5, 5.41) is 21.3. The molecule has 97 heavy (non-hydrogen) atoms. The normalized spacial score (nSPS) is 12.1. The van der Waals surface area contributed by atoms with E-state index in [4.69, 9.17) is 24.4 Å². The summed E-state index contributed by atoms with van der Waals surface area (Å²) in [6.07, 6.45) is 0. The van der Waals surface area contributed by atoms with Crippen molar-refractivity contribution in [2.45, 2.75) is 12.3 Å². The highest BCUT2D eigenvalue weighted by Crippen LogP contribution is 2.51. The van der Waals surface area contributed by atoms with Crippen LogP contribution in [0.1, 0.15) is 23.6 Å². The Hall–Kier alpha value is -12.2. The van der Waals surface area contributed by atoms with Crippen molar-refractivity contribution in [2.24, 2.45) is 0 Å². The van der Waals surface area contributed by atoms with Crippen LogP contribution in [-0.4, -0.2) is 65.3 Å². The number of para-hydroxylation sites is 9. The van der Waals surface area contributed by atoms with Crippen LogP contribution in [0.3, 0.4) is 0 Å². The maximum absolute atomic E-state index is 10.7. The van der Waals surface area contributed by atoms with Crippen molar-refractivity contribution in [1.29, 1.82) is 0 Å². The van der Waals surface area contributed by atoms with Crippen molar-refractivity contribution >= 4 is 33.1 Å². The van der Waals surface area contributed by atoms with E-state index in [1.807, 2.05) is 42.5 Å². The van der Waals surface area contributed by atoms with Gasteiger partial charge in [0, 0.05) is 61.4 Å². The molecular formula is C87H66N6O4. The van der Waals surface area contributed by atoms with E-state index >= 15 is 0 Å². The van der Waals surface area contributed by atoms with Gasteiger partial charge in [-0.05, 0) is 143 Å². The van der Waals surface area contributed by atoms with Gasteiger partial charge in [0.1, 0.15) is 42.2 Å². The minimum atomic E-state index is -0.907. The number of ether oxygens (including phenoxy) is 2. The zero-order valence-electron chi connectivity index (χ0n) is 53.3. The summed E-state index contributed by atoms with van der Waals surface area (Å²) in [5.74, 6) is 3.75. The molecule has 2 N–H and O–H groups in total. The topological polar surface area (TPSA) is 112 Å². The Bertz CT molecular complexity index is 5280. The second-order valence-corrected chi connectivity index (χ2v) is 24.3. The highest BCUT2D eigenvalue weighted by molar-refractivity contribution is 5.91. The van der Waals surface area contributed by atoms with Crippen LogP contribution in [0.4, 0.5) is 0 Å². The molecule has 1 unspecified atom stereocenters. The van der Waals surface area contributed by atoms with Gasteiger partial charge in [0.05, 0.1) is 46.3 Å². The van der Waals surface area contributed by atoms with Crippen LogP contribution in [0.15, 0.2) is 322 Å². The Kier molecular flexibility index (Phi) is 16.0. The summed E-state index contributed by atoms with van der Waals surface area (Å²) in [6, 6.07) is 112. The van der Waals surface area contributed by atoms with Crippen molar-refractivity contribution in [1.82, 2.24) is 28.7 Å². The Balaban J connectivity index is 0.918. The molecule has 3 heterocycles. The predicted octanol–water partition coefficient (Wildman–Crippen LogP) is 19.5. The van der Waals surface area contributed by atoms with E-state index < -0.39 is 5.41 Å². The lowest BCUT2D eigenvalue weighted by Crippen LogP contribution is -2.26. The molecule has 3 aromatic heterocycles. The molecule has 468 valence electrons. The molecule has 0 radical (unpaired) electrons. The molecule has 13 aromatic carbocycles. The van der Waals surface area contributed by atoms with Gasteiger partial charge in [0.15, 0.2) is 0 Å². The molecule has 0 aliphatic carbocycles. The summed E-state index contributed by atoms with van der Waals surface area (Å²) in [6.45, 7) is 2.07. The monoisotopic (exact) mass is 1260 g/mol.